The summed E-state index contributed by atoms with van der Waals surface area (Å²) in [5, 5.41) is 0. The lowest BCUT2D eigenvalue weighted by Gasteiger charge is -2.41. The number of esters is 1. The summed E-state index contributed by atoms with van der Waals surface area (Å²) in [6, 6.07) is 10.0. The molecule has 0 bridgehead atoms. The molecule has 1 fully saturated rings. The molecule has 9 heteroatoms. The molecule has 3 heterocycles. The van der Waals surface area contributed by atoms with Gasteiger partial charge in [0.2, 0.25) is 5.82 Å². The molecule has 0 saturated carbocycles. The van der Waals surface area contributed by atoms with Crippen molar-refractivity contribution in [3.8, 4) is 22.6 Å². The molecule has 2 aromatic carbocycles. The van der Waals surface area contributed by atoms with Crippen LogP contribution in [-0.2, 0) is 20.7 Å². The molecule has 3 aromatic rings. The van der Waals surface area contributed by atoms with Crippen LogP contribution in [0, 0.1) is 30.9 Å². The zero-order valence-electron chi connectivity index (χ0n) is 29.8. The van der Waals surface area contributed by atoms with Crippen LogP contribution >= 0.6 is 0 Å². The molecule has 0 aliphatic carbocycles. The Morgan fingerprint density at radius 3 is 2.46 bits per heavy atom. The molecule has 0 N–H and O–H groups in total. The van der Waals surface area contributed by atoms with E-state index in [2.05, 4.69) is 24.8 Å². The maximum Gasteiger partial charge on any atom is 0.340 e. The van der Waals surface area contributed by atoms with Crippen molar-refractivity contribution < 1.29 is 32.5 Å². The molecular formula is C39H50F2N2O5. The fraction of sp³-hybridized carbons (Fsp3) is 0.538. The van der Waals surface area contributed by atoms with Gasteiger partial charge in [-0.2, -0.15) is 4.39 Å². The molecule has 0 spiro atoms. The lowest BCUT2D eigenvalue weighted by atomic mass is 9.81. The van der Waals surface area contributed by atoms with Crippen molar-refractivity contribution in [3.63, 3.8) is 0 Å². The van der Waals surface area contributed by atoms with Gasteiger partial charge in [0.05, 0.1) is 17.4 Å². The van der Waals surface area contributed by atoms with E-state index in [1.54, 1.807) is 0 Å². The number of aromatic nitrogens is 1. The Hall–Kier alpha value is -3.72. The van der Waals surface area contributed by atoms with E-state index in [-0.39, 0.29) is 30.0 Å². The molecule has 7 nitrogen and oxygen atoms in total. The van der Waals surface area contributed by atoms with Crippen molar-refractivity contribution >= 4 is 11.7 Å². The van der Waals surface area contributed by atoms with Crippen molar-refractivity contribution in [3.05, 3.63) is 70.5 Å². The number of carbonyl (C=O) groups is 1. The molecular weight excluding hydrogens is 614 g/mol. The number of halogens is 2. The highest BCUT2D eigenvalue weighted by Crippen LogP contribution is 2.46. The molecule has 48 heavy (non-hydrogen) atoms. The SMILES string of the molecule is Cc1nc(C)c(C(OC(C)(C)C)C(=O)OC(C)C)c(N2CCC(C)(C)CC2)c1-c1ccc2c(c1)CCC(COc1cccc(F)c1F)O2. The first-order valence-electron chi connectivity index (χ1n) is 17.0. The van der Waals surface area contributed by atoms with E-state index < -0.39 is 29.3 Å². The van der Waals surface area contributed by atoms with Crippen molar-refractivity contribution in [2.75, 3.05) is 24.6 Å². The predicted molar refractivity (Wildman–Crippen MR) is 184 cm³/mol. The lowest BCUT2D eigenvalue weighted by molar-refractivity contribution is -0.171. The number of hydrogen-bond acceptors (Lipinski definition) is 7. The third-order valence-electron chi connectivity index (χ3n) is 9.03. The third kappa shape index (κ3) is 8.11. The molecule has 1 aromatic heterocycles. The standard InChI is InChI=1S/C39H50F2N2O5/c1-23(2)46-37(44)36(48-38(5,6)7)33-25(4)42-24(3)32(35(33)43-19-17-39(8,9)18-20-43)27-14-16-30-26(21-27)13-15-28(47-30)22-45-31-12-10-11-29(40)34(31)41/h10-12,14,16,21,23,28,36H,13,15,17-20,22H2,1-9H3. The van der Waals surface area contributed by atoms with Crippen molar-refractivity contribution in [2.45, 2.75) is 112 Å². The highest BCUT2D eigenvalue weighted by atomic mass is 19.2. The van der Waals surface area contributed by atoms with Crippen molar-refractivity contribution in [2.24, 2.45) is 5.41 Å². The van der Waals surface area contributed by atoms with Crippen LogP contribution in [0.2, 0.25) is 0 Å². The van der Waals surface area contributed by atoms with Crippen LogP contribution in [0.15, 0.2) is 36.4 Å². The van der Waals surface area contributed by atoms with Crippen LogP contribution in [0.3, 0.4) is 0 Å². The number of ether oxygens (including phenoxy) is 4. The molecule has 2 atom stereocenters. The topological polar surface area (TPSA) is 70.1 Å². The Bertz CT molecular complexity index is 1640. The second kappa shape index (κ2) is 14.0. The van der Waals surface area contributed by atoms with Gasteiger partial charge in [0, 0.05) is 35.6 Å². The zero-order chi connectivity index (χ0) is 35.0. The van der Waals surface area contributed by atoms with Gasteiger partial charge < -0.3 is 23.8 Å². The number of anilines is 1. The maximum absolute atomic E-state index is 14.1. The average molecular weight is 665 g/mol. The highest BCUT2D eigenvalue weighted by Gasteiger charge is 2.38. The van der Waals surface area contributed by atoms with Gasteiger partial charge in [0.1, 0.15) is 18.5 Å². The number of hydrogen-bond donors (Lipinski definition) is 0. The first kappa shape index (κ1) is 35.6. The molecule has 1 saturated heterocycles. The third-order valence-corrected chi connectivity index (χ3v) is 9.03. The number of carbonyl (C=O) groups excluding carboxylic acids is 1. The van der Waals surface area contributed by atoms with Gasteiger partial charge in [-0.3, -0.25) is 4.98 Å². The summed E-state index contributed by atoms with van der Waals surface area (Å²) < 4.78 is 52.0. The average Bonchev–Trinajstić information content (AvgIpc) is 2.99. The molecule has 2 unspecified atom stereocenters. The van der Waals surface area contributed by atoms with Crippen LogP contribution in [-0.4, -0.2) is 48.5 Å². The minimum atomic E-state index is -1.000. The van der Waals surface area contributed by atoms with Gasteiger partial charge in [-0.1, -0.05) is 26.0 Å². The molecule has 0 amide bonds. The smallest absolute Gasteiger partial charge is 0.340 e. The summed E-state index contributed by atoms with van der Waals surface area (Å²) >= 11 is 0. The largest absolute Gasteiger partial charge is 0.487 e. The van der Waals surface area contributed by atoms with Gasteiger partial charge in [0.15, 0.2) is 17.7 Å². The van der Waals surface area contributed by atoms with Gasteiger partial charge >= 0.3 is 5.97 Å². The van der Waals surface area contributed by atoms with E-state index in [0.29, 0.717) is 6.42 Å². The van der Waals surface area contributed by atoms with Crippen molar-refractivity contribution in [1.29, 1.82) is 0 Å². The number of benzene rings is 2. The minimum absolute atomic E-state index is 0.100. The molecule has 260 valence electrons. The number of rotatable bonds is 9. The summed E-state index contributed by atoms with van der Waals surface area (Å²) in [7, 11) is 0. The Morgan fingerprint density at radius 2 is 1.79 bits per heavy atom. The maximum atomic E-state index is 14.1. The van der Waals surface area contributed by atoms with E-state index in [1.807, 2.05) is 60.6 Å². The Morgan fingerprint density at radius 1 is 1.08 bits per heavy atom. The molecule has 2 aliphatic heterocycles. The number of nitrogens with zero attached hydrogens (tertiary/aromatic N) is 2. The fourth-order valence-corrected chi connectivity index (χ4v) is 6.54. The molecule has 5 rings (SSSR count). The van der Waals surface area contributed by atoms with E-state index >= 15 is 0 Å². The van der Waals surface area contributed by atoms with Crippen LogP contribution in [0.5, 0.6) is 11.5 Å². The van der Waals surface area contributed by atoms with Crippen molar-refractivity contribution in [1.82, 2.24) is 4.98 Å². The first-order chi connectivity index (χ1) is 22.5. The van der Waals surface area contributed by atoms with Crippen LogP contribution < -0.4 is 14.4 Å². The Labute approximate surface area is 283 Å². The quantitative estimate of drug-likeness (QED) is 0.212. The van der Waals surface area contributed by atoms with Crippen LogP contribution in [0.4, 0.5) is 14.5 Å². The number of fused-ring (bicyclic) bond motifs is 1. The normalized spacial score (nSPS) is 18.2. The zero-order valence-corrected chi connectivity index (χ0v) is 29.8. The van der Waals surface area contributed by atoms with E-state index in [0.717, 1.165) is 83.5 Å². The van der Waals surface area contributed by atoms with E-state index in [9.17, 15) is 13.6 Å². The predicted octanol–water partition coefficient (Wildman–Crippen LogP) is 8.85. The molecule has 0 radical (unpaired) electrons. The number of aryl methyl sites for hydroxylation is 3. The second-order valence-electron chi connectivity index (χ2n) is 15.1. The number of piperidine rings is 1. The lowest BCUT2D eigenvalue weighted by Crippen LogP contribution is -2.39. The van der Waals surface area contributed by atoms with Gasteiger partial charge in [0.25, 0.3) is 0 Å². The van der Waals surface area contributed by atoms with Gasteiger partial charge in [-0.05, 0) is 115 Å². The first-order valence-corrected chi connectivity index (χ1v) is 17.0. The summed E-state index contributed by atoms with van der Waals surface area (Å²) in [5.41, 5.74) is 5.88. The summed E-state index contributed by atoms with van der Waals surface area (Å²) in [6.07, 6.45) is 1.81. The van der Waals surface area contributed by atoms with E-state index in [4.69, 9.17) is 23.9 Å². The van der Waals surface area contributed by atoms with E-state index in [1.165, 1.54) is 12.1 Å². The fourth-order valence-electron chi connectivity index (χ4n) is 6.54. The van der Waals surface area contributed by atoms with Crippen LogP contribution in [0.25, 0.3) is 11.1 Å². The summed E-state index contributed by atoms with van der Waals surface area (Å²) in [4.78, 5) is 21.2. The minimum Gasteiger partial charge on any atom is -0.487 e. The Balaban J connectivity index is 1.54. The molecule has 2 aliphatic rings. The Kier molecular flexibility index (Phi) is 10.4. The summed E-state index contributed by atoms with van der Waals surface area (Å²) in [5.74, 6) is -1.77. The second-order valence-corrected chi connectivity index (χ2v) is 15.1. The van der Waals surface area contributed by atoms with Gasteiger partial charge in [-0.15, -0.1) is 0 Å². The monoisotopic (exact) mass is 664 g/mol. The summed E-state index contributed by atoms with van der Waals surface area (Å²) in [6.45, 7) is 19.9. The van der Waals surface area contributed by atoms with Gasteiger partial charge in [-0.25, -0.2) is 9.18 Å². The highest BCUT2D eigenvalue weighted by molar-refractivity contribution is 5.89. The number of pyridine rings is 1. The van der Waals surface area contributed by atoms with Crippen LogP contribution in [0.1, 0.15) is 96.3 Å².